The lowest BCUT2D eigenvalue weighted by Crippen LogP contribution is -2.27. The molecule has 0 spiro atoms. The maximum Gasteiger partial charge on any atom is 0.264 e. The zero-order valence-electron chi connectivity index (χ0n) is 16.5. The van der Waals surface area contributed by atoms with Gasteiger partial charge in [0, 0.05) is 23.9 Å². The first-order valence-corrected chi connectivity index (χ1v) is 10.5. The average molecular weight is 423 g/mol. The van der Waals surface area contributed by atoms with Crippen molar-refractivity contribution in [2.45, 2.75) is 11.8 Å². The van der Waals surface area contributed by atoms with Crippen LogP contribution >= 0.6 is 0 Å². The van der Waals surface area contributed by atoms with Gasteiger partial charge >= 0.3 is 0 Å². The maximum absolute atomic E-state index is 12.8. The van der Waals surface area contributed by atoms with Crippen LogP contribution in [0.2, 0.25) is 0 Å². The summed E-state index contributed by atoms with van der Waals surface area (Å²) in [6.07, 6.45) is 0. The number of carbonyl (C=O) groups is 2. The molecule has 30 heavy (non-hydrogen) atoms. The molecule has 3 N–H and O–H groups in total. The second kappa shape index (κ2) is 8.38. The van der Waals surface area contributed by atoms with Crippen molar-refractivity contribution in [1.29, 1.82) is 0 Å². The number of sulfonamides is 1. The molecule has 0 radical (unpaired) electrons. The smallest absolute Gasteiger partial charge is 0.264 e. The van der Waals surface area contributed by atoms with Crippen LogP contribution in [-0.2, 0) is 10.0 Å². The molecule has 0 fully saturated rings. The van der Waals surface area contributed by atoms with Crippen molar-refractivity contribution in [2.24, 2.45) is 5.73 Å². The highest BCUT2D eigenvalue weighted by molar-refractivity contribution is 7.92. The van der Waals surface area contributed by atoms with Crippen LogP contribution in [0.5, 0.6) is 0 Å². The van der Waals surface area contributed by atoms with Crippen molar-refractivity contribution < 1.29 is 18.0 Å². The van der Waals surface area contributed by atoms with Gasteiger partial charge in [-0.2, -0.15) is 0 Å². The van der Waals surface area contributed by atoms with Crippen LogP contribution in [0.1, 0.15) is 26.3 Å². The van der Waals surface area contributed by atoms with Gasteiger partial charge in [0.1, 0.15) is 0 Å². The van der Waals surface area contributed by atoms with E-state index in [0.717, 1.165) is 0 Å². The van der Waals surface area contributed by atoms with Crippen LogP contribution in [-0.4, -0.2) is 27.3 Å². The number of nitrogens with zero attached hydrogens (tertiary/aromatic N) is 1. The first kappa shape index (κ1) is 21.1. The number of nitrogens with two attached hydrogens (primary N) is 1. The van der Waals surface area contributed by atoms with E-state index in [2.05, 4.69) is 5.32 Å². The average Bonchev–Trinajstić information content (AvgIpc) is 2.74. The fraction of sp³-hybridized carbons (Fsp3) is 0.0909. The van der Waals surface area contributed by atoms with Crippen molar-refractivity contribution in [3.05, 3.63) is 89.5 Å². The van der Waals surface area contributed by atoms with Gasteiger partial charge < -0.3 is 11.1 Å². The van der Waals surface area contributed by atoms with E-state index in [1.54, 1.807) is 55.5 Å². The Hall–Kier alpha value is -3.65. The summed E-state index contributed by atoms with van der Waals surface area (Å²) in [7, 11) is -2.24. The van der Waals surface area contributed by atoms with Gasteiger partial charge in [-0.3, -0.25) is 13.9 Å². The van der Waals surface area contributed by atoms with Crippen LogP contribution in [0.3, 0.4) is 0 Å². The number of anilines is 2. The number of rotatable bonds is 6. The fourth-order valence-electron chi connectivity index (χ4n) is 2.95. The molecule has 3 aromatic rings. The number of hydrogen-bond donors (Lipinski definition) is 2. The SMILES string of the molecule is Cc1cc(C(=O)Nc2ccc(C(N)=O)cc2)ccc1N(C)S(=O)(=O)c1ccccc1. The van der Waals surface area contributed by atoms with Crippen LogP contribution in [0.15, 0.2) is 77.7 Å². The highest BCUT2D eigenvalue weighted by Crippen LogP contribution is 2.26. The first-order chi connectivity index (χ1) is 14.2. The van der Waals surface area contributed by atoms with E-state index >= 15 is 0 Å². The Labute approximate surface area is 175 Å². The lowest BCUT2D eigenvalue weighted by Gasteiger charge is -2.22. The van der Waals surface area contributed by atoms with Crippen LogP contribution in [0.4, 0.5) is 11.4 Å². The summed E-state index contributed by atoms with van der Waals surface area (Å²) in [6.45, 7) is 1.74. The second-order valence-electron chi connectivity index (χ2n) is 6.68. The molecule has 0 saturated carbocycles. The summed E-state index contributed by atoms with van der Waals surface area (Å²) in [5, 5.41) is 2.73. The maximum atomic E-state index is 12.8. The normalized spacial score (nSPS) is 11.0. The molecule has 0 aliphatic rings. The van der Waals surface area contributed by atoms with Gasteiger partial charge in [0.15, 0.2) is 0 Å². The predicted octanol–water partition coefficient (Wildman–Crippen LogP) is 3.17. The zero-order chi connectivity index (χ0) is 21.9. The molecule has 8 heteroatoms. The summed E-state index contributed by atoms with van der Waals surface area (Å²) in [5.41, 5.74) is 7.54. The molecule has 3 aromatic carbocycles. The molecule has 7 nitrogen and oxygen atoms in total. The van der Waals surface area contributed by atoms with E-state index in [-0.39, 0.29) is 10.8 Å². The Morgan fingerprint density at radius 3 is 2.07 bits per heavy atom. The van der Waals surface area contributed by atoms with E-state index in [1.807, 2.05) is 0 Å². The summed E-state index contributed by atoms with van der Waals surface area (Å²) in [5.74, 6) is -0.904. The van der Waals surface area contributed by atoms with Crippen molar-refractivity contribution in [2.75, 3.05) is 16.7 Å². The van der Waals surface area contributed by atoms with E-state index in [9.17, 15) is 18.0 Å². The molecule has 0 bridgehead atoms. The largest absolute Gasteiger partial charge is 0.366 e. The summed E-state index contributed by atoms with van der Waals surface area (Å²) in [6, 6.07) is 19.1. The van der Waals surface area contributed by atoms with Crippen molar-refractivity contribution in [3.8, 4) is 0 Å². The number of carbonyl (C=O) groups excluding carboxylic acids is 2. The molecular formula is C22H21N3O4S. The van der Waals surface area contributed by atoms with E-state index in [4.69, 9.17) is 5.73 Å². The Balaban J connectivity index is 1.80. The van der Waals surface area contributed by atoms with E-state index < -0.39 is 15.9 Å². The fourth-order valence-corrected chi connectivity index (χ4v) is 4.23. The Morgan fingerprint density at radius 2 is 1.50 bits per heavy atom. The van der Waals surface area contributed by atoms with Gasteiger partial charge in [-0.1, -0.05) is 18.2 Å². The Morgan fingerprint density at radius 1 is 0.900 bits per heavy atom. The van der Waals surface area contributed by atoms with E-state index in [0.29, 0.717) is 28.1 Å². The third-order valence-corrected chi connectivity index (χ3v) is 6.41. The highest BCUT2D eigenvalue weighted by Gasteiger charge is 2.22. The molecule has 0 aromatic heterocycles. The van der Waals surface area contributed by atoms with Crippen LogP contribution in [0.25, 0.3) is 0 Å². The molecule has 154 valence electrons. The summed E-state index contributed by atoms with van der Waals surface area (Å²) < 4.78 is 26.9. The number of hydrogen-bond acceptors (Lipinski definition) is 4. The highest BCUT2D eigenvalue weighted by atomic mass is 32.2. The van der Waals surface area contributed by atoms with Crippen molar-refractivity contribution in [1.82, 2.24) is 0 Å². The molecule has 0 aliphatic carbocycles. The van der Waals surface area contributed by atoms with Crippen molar-refractivity contribution in [3.63, 3.8) is 0 Å². The second-order valence-corrected chi connectivity index (χ2v) is 8.65. The van der Waals surface area contributed by atoms with Gasteiger partial charge in [0.05, 0.1) is 10.6 Å². The minimum absolute atomic E-state index is 0.188. The summed E-state index contributed by atoms with van der Waals surface area (Å²) >= 11 is 0. The summed E-state index contributed by atoms with van der Waals surface area (Å²) in [4.78, 5) is 23.9. The lowest BCUT2D eigenvalue weighted by molar-refractivity contribution is 0.0998. The minimum Gasteiger partial charge on any atom is -0.366 e. The Kier molecular flexibility index (Phi) is 5.89. The van der Waals surface area contributed by atoms with Gasteiger partial charge in [0.2, 0.25) is 5.91 Å². The molecule has 0 saturated heterocycles. The van der Waals surface area contributed by atoms with Gasteiger partial charge in [0.25, 0.3) is 15.9 Å². The van der Waals surface area contributed by atoms with Gasteiger partial charge in [-0.15, -0.1) is 0 Å². The standard InChI is InChI=1S/C22H21N3O4S/c1-15-14-17(22(27)24-18-11-8-16(9-12-18)21(23)26)10-13-20(15)25(2)30(28,29)19-6-4-3-5-7-19/h3-14H,1-2H3,(H2,23,26)(H,24,27). The molecule has 2 amide bonds. The molecular weight excluding hydrogens is 402 g/mol. The number of nitrogens with one attached hydrogen (secondary N) is 1. The quantitative estimate of drug-likeness (QED) is 0.634. The number of primary amides is 1. The molecule has 3 rings (SSSR count). The number of aryl methyl sites for hydroxylation is 1. The molecule has 0 atom stereocenters. The molecule has 0 aliphatic heterocycles. The third kappa shape index (κ3) is 4.33. The van der Waals surface area contributed by atoms with E-state index in [1.165, 1.54) is 35.6 Å². The van der Waals surface area contributed by atoms with Crippen molar-refractivity contribution >= 4 is 33.2 Å². The minimum atomic E-state index is -3.71. The van der Waals surface area contributed by atoms with Crippen LogP contribution in [0, 0.1) is 6.92 Å². The first-order valence-electron chi connectivity index (χ1n) is 9.06. The molecule has 0 unspecified atom stereocenters. The third-order valence-electron chi connectivity index (χ3n) is 4.63. The van der Waals surface area contributed by atoms with Gasteiger partial charge in [-0.05, 0) is 67.1 Å². The lowest BCUT2D eigenvalue weighted by atomic mass is 10.1. The number of benzene rings is 3. The van der Waals surface area contributed by atoms with Crippen LogP contribution < -0.4 is 15.4 Å². The number of amides is 2. The predicted molar refractivity (Wildman–Crippen MR) is 116 cm³/mol. The molecule has 0 heterocycles. The Bertz CT molecular complexity index is 1190. The zero-order valence-corrected chi connectivity index (χ0v) is 17.3. The topological polar surface area (TPSA) is 110 Å². The monoisotopic (exact) mass is 423 g/mol. The van der Waals surface area contributed by atoms with Gasteiger partial charge in [-0.25, -0.2) is 8.42 Å².